The minimum atomic E-state index is -0.255. The van der Waals surface area contributed by atoms with Gasteiger partial charge in [0, 0.05) is 19.6 Å². The van der Waals surface area contributed by atoms with Crippen LogP contribution in [0.2, 0.25) is 0 Å². The first-order valence-electron chi connectivity index (χ1n) is 9.77. The Morgan fingerprint density at radius 2 is 2.18 bits per heavy atom. The van der Waals surface area contributed by atoms with E-state index in [1.807, 2.05) is 18.2 Å². The molecule has 148 valence electrons. The summed E-state index contributed by atoms with van der Waals surface area (Å²) in [4.78, 5) is 27.3. The molecular weight excluding hydrogens is 372 g/mol. The molecule has 4 unspecified atom stereocenters. The van der Waals surface area contributed by atoms with Crippen molar-refractivity contribution in [3.63, 3.8) is 0 Å². The standard InChI is InChI=1S/C21H26N4O2S/c1-2-10-22-19(26)15-9-6-11-25(12-15)21-23-17-16(14-7-4-3-5-8-14)13-28-18(17)20(27)24-21/h2-5,7-8,13,15,17-18,21,23H,1,6,9-12H2,(H,22,26)(H,24,27). The van der Waals surface area contributed by atoms with Crippen molar-refractivity contribution in [2.24, 2.45) is 5.92 Å². The molecule has 4 atom stereocenters. The number of carbonyl (C=O) groups is 2. The van der Waals surface area contributed by atoms with E-state index < -0.39 is 0 Å². The van der Waals surface area contributed by atoms with Gasteiger partial charge in [-0.2, -0.15) is 0 Å². The maximum atomic E-state index is 12.7. The van der Waals surface area contributed by atoms with Crippen molar-refractivity contribution in [3.05, 3.63) is 54.0 Å². The van der Waals surface area contributed by atoms with Crippen molar-refractivity contribution < 1.29 is 9.59 Å². The Hall–Kier alpha value is -2.09. The van der Waals surface area contributed by atoms with Gasteiger partial charge in [-0.1, -0.05) is 36.4 Å². The highest BCUT2D eigenvalue weighted by molar-refractivity contribution is 8.04. The van der Waals surface area contributed by atoms with E-state index in [1.165, 1.54) is 0 Å². The Morgan fingerprint density at radius 3 is 2.96 bits per heavy atom. The summed E-state index contributed by atoms with van der Waals surface area (Å²) in [6.45, 7) is 5.63. The van der Waals surface area contributed by atoms with E-state index in [1.54, 1.807) is 17.8 Å². The van der Waals surface area contributed by atoms with E-state index in [9.17, 15) is 9.59 Å². The molecule has 2 saturated heterocycles. The lowest BCUT2D eigenvalue weighted by Crippen LogP contribution is -2.69. The zero-order valence-electron chi connectivity index (χ0n) is 15.8. The number of thioether (sulfide) groups is 1. The molecule has 2 amide bonds. The van der Waals surface area contributed by atoms with Crippen LogP contribution in [0.5, 0.6) is 0 Å². The first-order chi connectivity index (χ1) is 13.7. The van der Waals surface area contributed by atoms with Crippen LogP contribution in [0.25, 0.3) is 5.57 Å². The van der Waals surface area contributed by atoms with Gasteiger partial charge in [0.15, 0.2) is 0 Å². The van der Waals surface area contributed by atoms with Crippen molar-refractivity contribution in [2.45, 2.75) is 30.4 Å². The van der Waals surface area contributed by atoms with E-state index in [-0.39, 0.29) is 35.3 Å². The van der Waals surface area contributed by atoms with Gasteiger partial charge in [-0.15, -0.1) is 18.3 Å². The van der Waals surface area contributed by atoms with E-state index in [0.717, 1.165) is 30.5 Å². The van der Waals surface area contributed by atoms with Crippen LogP contribution in [-0.2, 0) is 9.59 Å². The Kier molecular flexibility index (Phi) is 5.85. The molecule has 0 saturated carbocycles. The first kappa shape index (κ1) is 19.2. The number of piperidine rings is 1. The highest BCUT2D eigenvalue weighted by Crippen LogP contribution is 2.38. The van der Waals surface area contributed by atoms with Gasteiger partial charge in [0.2, 0.25) is 11.8 Å². The molecule has 28 heavy (non-hydrogen) atoms. The van der Waals surface area contributed by atoms with Crippen LogP contribution in [0.1, 0.15) is 18.4 Å². The van der Waals surface area contributed by atoms with E-state index >= 15 is 0 Å². The predicted molar refractivity (Wildman–Crippen MR) is 112 cm³/mol. The van der Waals surface area contributed by atoms with Crippen LogP contribution in [0, 0.1) is 5.92 Å². The summed E-state index contributed by atoms with van der Waals surface area (Å²) >= 11 is 1.57. The molecule has 2 fully saturated rings. The molecule has 0 radical (unpaired) electrons. The van der Waals surface area contributed by atoms with Gasteiger partial charge in [-0.3, -0.25) is 19.8 Å². The molecule has 3 aliphatic heterocycles. The average molecular weight is 399 g/mol. The fourth-order valence-corrected chi connectivity index (χ4v) is 5.28. The number of amides is 2. The molecule has 0 aliphatic carbocycles. The largest absolute Gasteiger partial charge is 0.352 e. The Balaban J connectivity index is 1.46. The maximum Gasteiger partial charge on any atom is 0.237 e. The van der Waals surface area contributed by atoms with Crippen molar-refractivity contribution in [1.82, 2.24) is 20.9 Å². The van der Waals surface area contributed by atoms with Crippen molar-refractivity contribution >= 4 is 29.1 Å². The van der Waals surface area contributed by atoms with Gasteiger partial charge in [-0.25, -0.2) is 0 Å². The number of rotatable bonds is 5. The molecule has 3 aliphatic rings. The van der Waals surface area contributed by atoms with Crippen LogP contribution in [0.15, 0.2) is 48.4 Å². The normalized spacial score (nSPS) is 30.1. The quantitative estimate of drug-likeness (QED) is 0.656. The predicted octanol–water partition coefficient (Wildman–Crippen LogP) is 1.53. The summed E-state index contributed by atoms with van der Waals surface area (Å²) in [6, 6.07) is 10.2. The third-order valence-corrected chi connectivity index (χ3v) is 6.74. The molecule has 4 rings (SSSR count). The van der Waals surface area contributed by atoms with Crippen LogP contribution < -0.4 is 16.0 Å². The number of hydrogen-bond acceptors (Lipinski definition) is 5. The van der Waals surface area contributed by atoms with Crippen molar-refractivity contribution in [3.8, 4) is 0 Å². The van der Waals surface area contributed by atoms with Crippen molar-refractivity contribution in [1.29, 1.82) is 0 Å². The second-order valence-corrected chi connectivity index (χ2v) is 8.44. The van der Waals surface area contributed by atoms with Crippen molar-refractivity contribution in [2.75, 3.05) is 19.6 Å². The molecule has 7 heteroatoms. The van der Waals surface area contributed by atoms with Crippen LogP contribution >= 0.6 is 11.8 Å². The van der Waals surface area contributed by atoms with Crippen LogP contribution in [-0.4, -0.2) is 53.9 Å². The van der Waals surface area contributed by atoms with Crippen LogP contribution in [0.4, 0.5) is 0 Å². The van der Waals surface area contributed by atoms with Gasteiger partial charge < -0.3 is 10.6 Å². The number of nitrogens with one attached hydrogen (secondary N) is 3. The summed E-state index contributed by atoms with van der Waals surface area (Å²) in [5, 5.41) is 11.6. The van der Waals surface area contributed by atoms with Gasteiger partial charge in [0.25, 0.3) is 0 Å². The minimum absolute atomic E-state index is 0.0267. The summed E-state index contributed by atoms with van der Waals surface area (Å²) < 4.78 is 0. The summed E-state index contributed by atoms with van der Waals surface area (Å²) in [5.74, 6) is 0.0530. The number of likely N-dealkylation sites (tertiary alicyclic amines) is 1. The number of nitrogens with zero attached hydrogens (tertiary/aromatic N) is 1. The molecule has 0 bridgehead atoms. The Morgan fingerprint density at radius 1 is 1.36 bits per heavy atom. The van der Waals surface area contributed by atoms with E-state index in [4.69, 9.17) is 0 Å². The van der Waals surface area contributed by atoms with Gasteiger partial charge >= 0.3 is 0 Å². The van der Waals surface area contributed by atoms with Crippen LogP contribution in [0.3, 0.4) is 0 Å². The zero-order valence-corrected chi connectivity index (χ0v) is 16.6. The SMILES string of the molecule is C=CCNC(=O)C1CCCN(C2NC(=O)C3SC=C(c4ccccc4)C3N2)C1. The topological polar surface area (TPSA) is 73.5 Å². The second kappa shape index (κ2) is 8.51. The minimum Gasteiger partial charge on any atom is -0.352 e. The molecule has 1 aromatic rings. The number of carbonyl (C=O) groups excluding carboxylic acids is 2. The number of hydrogen-bond donors (Lipinski definition) is 3. The lowest BCUT2D eigenvalue weighted by molar-refractivity contribution is -0.128. The lowest BCUT2D eigenvalue weighted by Gasteiger charge is -2.43. The monoisotopic (exact) mass is 398 g/mol. The number of fused-ring (bicyclic) bond motifs is 1. The highest BCUT2D eigenvalue weighted by Gasteiger charge is 2.44. The lowest BCUT2D eigenvalue weighted by atomic mass is 9.94. The van der Waals surface area contributed by atoms with E-state index in [2.05, 4.69) is 45.0 Å². The molecule has 1 aromatic carbocycles. The van der Waals surface area contributed by atoms with E-state index in [0.29, 0.717) is 13.1 Å². The summed E-state index contributed by atoms with van der Waals surface area (Å²) in [5.41, 5.74) is 2.30. The molecule has 3 heterocycles. The van der Waals surface area contributed by atoms with Gasteiger partial charge in [0.05, 0.1) is 12.0 Å². The molecule has 6 nitrogen and oxygen atoms in total. The number of benzene rings is 1. The first-order valence-corrected chi connectivity index (χ1v) is 10.7. The molecule has 0 spiro atoms. The van der Waals surface area contributed by atoms with Gasteiger partial charge in [-0.05, 0) is 29.4 Å². The summed E-state index contributed by atoms with van der Waals surface area (Å²) in [7, 11) is 0. The smallest absolute Gasteiger partial charge is 0.237 e. The molecular formula is C21H26N4O2S. The molecule has 3 N–H and O–H groups in total. The maximum absolute atomic E-state index is 12.7. The third-order valence-electron chi connectivity index (χ3n) is 5.57. The summed E-state index contributed by atoms with van der Waals surface area (Å²) in [6.07, 6.45) is 3.24. The second-order valence-electron chi connectivity index (χ2n) is 7.42. The Labute approximate surface area is 169 Å². The molecule has 0 aromatic heterocycles. The average Bonchev–Trinajstić information content (AvgIpc) is 3.17. The van der Waals surface area contributed by atoms with Gasteiger partial charge in [0.1, 0.15) is 11.5 Å². The Bertz CT molecular complexity index is 782. The highest BCUT2D eigenvalue weighted by atomic mass is 32.2. The fourth-order valence-electron chi connectivity index (χ4n) is 4.13. The third kappa shape index (κ3) is 3.87. The zero-order chi connectivity index (χ0) is 19.5. The fraction of sp³-hybridized carbons (Fsp3) is 0.429.